The summed E-state index contributed by atoms with van der Waals surface area (Å²) in [6, 6.07) is 70.5. The number of pyridine rings is 5. The van der Waals surface area contributed by atoms with E-state index in [-0.39, 0.29) is 76.7 Å². The largest absolute Gasteiger partial charge is 0.508 e. The van der Waals surface area contributed by atoms with E-state index >= 15 is 0 Å². The summed E-state index contributed by atoms with van der Waals surface area (Å²) in [5.74, 6) is 3.86. The molecule has 0 amide bonds. The lowest BCUT2D eigenvalue weighted by Gasteiger charge is -2.11. The van der Waals surface area contributed by atoms with Crippen LogP contribution in [-0.4, -0.2) is 164 Å². The molecular formula is C92H76F5N17O9S4. The van der Waals surface area contributed by atoms with Crippen LogP contribution >= 0.6 is 47.0 Å². The molecular weight excluding hydrogens is 1710 g/mol. The summed E-state index contributed by atoms with van der Waals surface area (Å²) in [4.78, 5) is 71.5. The van der Waals surface area contributed by atoms with E-state index in [1.807, 2.05) is 173 Å². The van der Waals surface area contributed by atoms with Crippen molar-refractivity contribution in [2.24, 2.45) is 0 Å². The number of thioether (sulfide) groups is 4. The Morgan fingerprint density at radius 2 is 0.614 bits per heavy atom. The zero-order valence-corrected chi connectivity index (χ0v) is 71.4. The number of hydrogen-bond donors (Lipinski definition) is 1. The van der Waals surface area contributed by atoms with E-state index in [1.54, 1.807) is 117 Å². The van der Waals surface area contributed by atoms with Crippen LogP contribution in [0.25, 0.3) is 68.8 Å². The minimum atomic E-state index is -4.41. The number of benzene rings is 7. The van der Waals surface area contributed by atoms with E-state index in [9.17, 15) is 46.2 Å². The van der Waals surface area contributed by atoms with Gasteiger partial charge in [-0.05, 0) is 162 Å². The van der Waals surface area contributed by atoms with Gasteiger partial charge in [0.25, 0.3) is 0 Å². The molecule has 0 radical (unpaired) electrons. The number of phenolic OH excluding ortho intramolecular Hbond substituents is 1. The van der Waals surface area contributed by atoms with Gasteiger partial charge in [0, 0.05) is 92.7 Å². The number of alkyl halides is 3. The highest BCUT2D eigenvalue weighted by atomic mass is 32.2. The van der Waals surface area contributed by atoms with Gasteiger partial charge in [0.15, 0.2) is 43.9 Å². The molecule has 0 aliphatic carbocycles. The maximum atomic E-state index is 13.9. The second kappa shape index (κ2) is 44.3. The summed E-state index contributed by atoms with van der Waals surface area (Å²) in [7, 11) is 6.38. The topological polar surface area (TPSA) is 313 Å². The second-order valence-corrected chi connectivity index (χ2v) is 30.9. The van der Waals surface area contributed by atoms with Crippen molar-refractivity contribution in [3.8, 4) is 97.6 Å². The van der Waals surface area contributed by atoms with Gasteiger partial charge >= 0.3 is 6.18 Å². The van der Waals surface area contributed by atoms with E-state index in [0.717, 1.165) is 75.7 Å². The number of halogens is 5. The maximum absolute atomic E-state index is 13.9. The second-order valence-electron chi connectivity index (χ2n) is 27.2. The molecule has 0 aliphatic heterocycles. The fourth-order valence-electron chi connectivity index (χ4n) is 12.3. The summed E-state index contributed by atoms with van der Waals surface area (Å²) in [6.45, 7) is 0. The van der Waals surface area contributed by atoms with Crippen LogP contribution in [0.1, 0.15) is 27.8 Å². The molecule has 9 heterocycles. The van der Waals surface area contributed by atoms with Gasteiger partial charge in [-0.15, -0.1) is 40.8 Å². The summed E-state index contributed by atoms with van der Waals surface area (Å²) < 4.78 is 94.7. The molecule has 0 unspecified atom stereocenters. The third-order valence-corrected chi connectivity index (χ3v) is 22.4. The van der Waals surface area contributed by atoms with Crippen LogP contribution in [0.5, 0.6) is 28.7 Å². The molecule has 26 nitrogen and oxygen atoms in total. The minimum Gasteiger partial charge on any atom is -0.508 e. The molecule has 0 atom stereocenters. The average Bonchev–Trinajstić information content (AvgIpc) is 1.71. The smallest absolute Gasteiger partial charge is 0.416 e. The fraction of sp³-hybridized carbons (Fsp3) is 0.141. The van der Waals surface area contributed by atoms with Crippen LogP contribution < -0.4 is 18.9 Å². The molecule has 35 heteroatoms. The molecule has 1 N–H and O–H groups in total. The predicted molar refractivity (Wildman–Crippen MR) is 472 cm³/mol. The fourth-order valence-corrected chi connectivity index (χ4v) is 15.6. The lowest BCUT2D eigenvalue weighted by molar-refractivity contribution is -0.137. The van der Waals surface area contributed by atoms with Crippen molar-refractivity contribution in [1.82, 2.24) is 84.0 Å². The van der Waals surface area contributed by atoms with Gasteiger partial charge in [-0.1, -0.05) is 126 Å². The van der Waals surface area contributed by atoms with Gasteiger partial charge in [0.1, 0.15) is 86.3 Å². The zero-order valence-electron chi connectivity index (χ0n) is 68.1. The van der Waals surface area contributed by atoms with Crippen molar-refractivity contribution in [2.75, 3.05) is 51.5 Å². The molecule has 16 rings (SSSR count). The standard InChI is InChI=1S/C24H19F3N4O2S.C23H18F2N4O2S.C23H20N4O3S.C22H19N5O2S/c1-33-20-6-4-5-18(14-20)31-22(21-7-2-3-12-28-21)29-30-23(31)34-15-19(32)13-16-8-10-17(11-9-16)24(25,26)27;1-31-17-7-4-6-15(12-17)29-22(21-10-2-3-11-26-21)27-28-23(29)32-14-16(30)13-18-19(24)8-5-9-20(18)25;1-30-20-6-4-5-17(14-20)27-22(21-7-2-3-12-24-21)25-26-23(27)31-15-19(29)13-16-8-10-18(28)11-9-16;1-29-19-6-4-5-17(14-19)27-21(20-7-2-3-10-24-20)25-26-22(27)30-15-18(28)13-16-8-11-23-12-9-16/h2-12,14H,13,15H2,1H3;2-12H,13-14H2,1H3;2-12,14,28H,13,15H2,1H3;2-12,14H,13,15H2,1H3. The Hall–Kier alpha value is -14.4. The number of hydrogen-bond acceptors (Lipinski definition) is 26. The van der Waals surface area contributed by atoms with E-state index < -0.39 is 23.4 Å². The SMILES string of the molecule is COc1cccc(-n2c(SCC(=O)Cc3c(F)cccc3F)nnc2-c2ccccn2)c1.COc1cccc(-n2c(SCC(=O)Cc3ccc(C(F)(F)F)cc3)nnc2-c2ccccn2)c1.COc1cccc(-n2c(SCC(=O)Cc3ccc(O)cc3)nnc2-c2ccccn2)c1.COc1cccc(-n2c(SCC(=O)Cc3ccncc3)nnc2-c2ccccn2)c1. The number of ether oxygens (including phenoxy) is 4. The number of Topliss-reactive ketones (excluding diaryl/α,β-unsaturated/α-hetero) is 4. The van der Waals surface area contributed by atoms with Gasteiger partial charge in [0.2, 0.25) is 0 Å². The highest BCUT2D eigenvalue weighted by molar-refractivity contribution is 8.00. The van der Waals surface area contributed by atoms with Crippen molar-refractivity contribution in [3.05, 3.63) is 325 Å². The Labute approximate surface area is 741 Å². The number of aromatic hydroxyl groups is 1. The Morgan fingerprint density at radius 3 is 0.898 bits per heavy atom. The van der Waals surface area contributed by atoms with Crippen LogP contribution in [0.15, 0.2) is 307 Å². The first kappa shape index (κ1) is 90.3. The molecule has 0 saturated heterocycles. The molecule has 7 aromatic carbocycles. The highest BCUT2D eigenvalue weighted by Crippen LogP contribution is 2.36. The van der Waals surface area contributed by atoms with E-state index in [4.69, 9.17) is 18.9 Å². The summed E-state index contributed by atoms with van der Waals surface area (Å²) >= 11 is 5.01. The Kier molecular flexibility index (Phi) is 31.5. The Bertz CT molecular complexity index is 6350. The molecule has 127 heavy (non-hydrogen) atoms. The van der Waals surface area contributed by atoms with Crippen LogP contribution in [0, 0.1) is 11.6 Å². The Morgan fingerprint density at radius 1 is 0.331 bits per heavy atom. The Balaban J connectivity index is 0.000000145. The molecule has 9 aromatic heterocycles. The predicted octanol–water partition coefficient (Wildman–Crippen LogP) is 17.4. The summed E-state index contributed by atoms with van der Waals surface area (Å²) in [5.41, 5.74) is 7.05. The van der Waals surface area contributed by atoms with Gasteiger partial charge in [0.05, 0.1) is 79.8 Å². The number of ketones is 4. The van der Waals surface area contributed by atoms with Gasteiger partial charge in [-0.25, -0.2) is 8.78 Å². The molecule has 0 aliphatic rings. The number of aromatic nitrogens is 17. The number of rotatable bonds is 32. The molecule has 642 valence electrons. The monoisotopic (exact) mass is 1790 g/mol. The molecule has 0 saturated carbocycles. The number of carbonyl (C=O) groups excluding carboxylic acids is 4. The number of phenols is 1. The number of methoxy groups -OCH3 is 4. The number of carbonyl (C=O) groups is 4. The molecule has 0 bridgehead atoms. The first-order chi connectivity index (χ1) is 61.8. The van der Waals surface area contributed by atoms with E-state index in [1.165, 1.54) is 53.5 Å². The van der Waals surface area contributed by atoms with Crippen LogP contribution in [-0.2, 0) is 51.0 Å². The normalized spacial score (nSPS) is 10.9. The van der Waals surface area contributed by atoms with E-state index in [0.29, 0.717) is 95.9 Å². The first-order valence-electron chi connectivity index (χ1n) is 38.7. The quantitative estimate of drug-likeness (QED) is 0.0302. The third-order valence-electron chi connectivity index (χ3n) is 18.4. The third kappa shape index (κ3) is 24.6. The summed E-state index contributed by atoms with van der Waals surface area (Å²) in [5, 5.41) is 45.9. The van der Waals surface area contributed by atoms with Crippen molar-refractivity contribution in [3.63, 3.8) is 0 Å². The van der Waals surface area contributed by atoms with Crippen molar-refractivity contribution >= 4 is 70.2 Å². The maximum Gasteiger partial charge on any atom is 0.416 e. The van der Waals surface area contributed by atoms with Crippen molar-refractivity contribution in [1.29, 1.82) is 0 Å². The molecule has 16 aromatic rings. The van der Waals surface area contributed by atoms with Gasteiger partial charge in [-0.2, -0.15) is 13.2 Å². The van der Waals surface area contributed by atoms with Crippen LogP contribution in [0.3, 0.4) is 0 Å². The number of nitrogens with zero attached hydrogens (tertiary/aromatic N) is 17. The van der Waals surface area contributed by atoms with Gasteiger partial charge in [-0.3, -0.25) is 62.4 Å². The summed E-state index contributed by atoms with van der Waals surface area (Å²) in [6.07, 6.45) is 6.01. The highest BCUT2D eigenvalue weighted by Gasteiger charge is 2.31. The zero-order chi connectivity index (χ0) is 89.0. The average molecular weight is 1790 g/mol. The van der Waals surface area contributed by atoms with Crippen molar-refractivity contribution in [2.45, 2.75) is 52.5 Å². The first-order valence-corrected chi connectivity index (χ1v) is 42.6. The van der Waals surface area contributed by atoms with Crippen LogP contribution in [0.4, 0.5) is 22.0 Å². The van der Waals surface area contributed by atoms with E-state index in [2.05, 4.69) is 65.7 Å². The lowest BCUT2D eigenvalue weighted by atomic mass is 10.1. The lowest BCUT2D eigenvalue weighted by Crippen LogP contribution is -2.10. The molecule has 0 fully saturated rings. The van der Waals surface area contributed by atoms with Crippen molar-refractivity contribution < 1.29 is 65.2 Å². The molecule has 0 spiro atoms. The minimum absolute atomic E-state index is 0.0194. The van der Waals surface area contributed by atoms with Crippen LogP contribution in [0.2, 0.25) is 0 Å². The van der Waals surface area contributed by atoms with Gasteiger partial charge < -0.3 is 24.1 Å².